The molecule has 0 saturated carbocycles. The lowest BCUT2D eigenvalue weighted by atomic mass is 10.1. The number of aromatic nitrogens is 2. The van der Waals surface area contributed by atoms with Crippen LogP contribution in [0.15, 0.2) is 103 Å². The Balaban J connectivity index is 1.62. The first-order chi connectivity index (χ1) is 17.1. The number of para-hydroxylation sites is 1. The number of hydrogen-bond acceptors (Lipinski definition) is 5. The molecule has 1 amide bonds. The third-order valence-corrected chi connectivity index (χ3v) is 5.37. The van der Waals surface area contributed by atoms with Gasteiger partial charge in [0.2, 0.25) is 0 Å². The minimum Gasteiger partial charge on any atom is -0.348 e. The quantitative estimate of drug-likeness (QED) is 0.276. The Morgan fingerprint density at radius 3 is 2.66 bits per heavy atom. The van der Waals surface area contributed by atoms with Crippen LogP contribution in [0.25, 0.3) is 10.9 Å². The van der Waals surface area contributed by atoms with Crippen LogP contribution in [0.3, 0.4) is 0 Å². The van der Waals surface area contributed by atoms with Gasteiger partial charge < -0.3 is 10.6 Å². The third-order valence-electron chi connectivity index (χ3n) is 5.14. The Morgan fingerprint density at radius 2 is 1.83 bits per heavy atom. The molecule has 0 aliphatic rings. The van der Waals surface area contributed by atoms with Crippen LogP contribution in [0, 0.1) is 0 Å². The Labute approximate surface area is 209 Å². The van der Waals surface area contributed by atoms with Gasteiger partial charge in [-0.3, -0.25) is 9.79 Å². The van der Waals surface area contributed by atoms with Gasteiger partial charge in [-0.15, -0.1) is 0 Å². The average molecular weight is 482 g/mol. The van der Waals surface area contributed by atoms with Gasteiger partial charge >= 0.3 is 0 Å². The van der Waals surface area contributed by atoms with Crippen molar-refractivity contribution in [2.24, 2.45) is 4.99 Å². The fourth-order valence-electron chi connectivity index (χ4n) is 3.47. The zero-order valence-corrected chi connectivity index (χ0v) is 19.7. The molecule has 174 valence electrons. The van der Waals surface area contributed by atoms with Crippen molar-refractivity contribution >= 4 is 46.1 Å². The van der Waals surface area contributed by atoms with Crippen LogP contribution in [0.4, 0.5) is 11.5 Å². The number of allylic oxidation sites excluding steroid dienone is 2. The number of anilines is 2. The molecule has 0 radical (unpaired) electrons. The second-order valence-corrected chi connectivity index (χ2v) is 8.04. The van der Waals surface area contributed by atoms with E-state index in [9.17, 15) is 4.79 Å². The summed E-state index contributed by atoms with van der Waals surface area (Å²) in [5.74, 6) is 1.01. The molecule has 35 heavy (non-hydrogen) atoms. The number of nitrogens with one attached hydrogen (secondary N) is 2. The first-order valence-electron chi connectivity index (χ1n) is 11.1. The monoisotopic (exact) mass is 481 g/mol. The van der Waals surface area contributed by atoms with E-state index in [4.69, 9.17) is 16.6 Å². The summed E-state index contributed by atoms with van der Waals surface area (Å²) in [7, 11) is 0. The highest BCUT2D eigenvalue weighted by Crippen LogP contribution is 2.28. The zero-order valence-electron chi connectivity index (χ0n) is 19.0. The van der Waals surface area contributed by atoms with E-state index in [-0.39, 0.29) is 5.91 Å². The van der Waals surface area contributed by atoms with E-state index in [1.165, 1.54) is 6.20 Å². The van der Waals surface area contributed by atoms with Crippen molar-refractivity contribution in [2.45, 2.75) is 13.0 Å². The van der Waals surface area contributed by atoms with Crippen LogP contribution < -0.4 is 10.6 Å². The van der Waals surface area contributed by atoms with Gasteiger partial charge in [0.1, 0.15) is 11.6 Å². The lowest BCUT2D eigenvalue weighted by Crippen LogP contribution is -2.23. The molecule has 6 nitrogen and oxygen atoms in total. The predicted molar refractivity (Wildman–Crippen MR) is 143 cm³/mol. The Hall–Kier alpha value is -4.29. The fraction of sp³-hybridized carbons (Fsp3) is 0.0714. The maximum Gasteiger partial charge on any atom is 0.253 e. The number of hydrogen-bond donors (Lipinski definition) is 2. The summed E-state index contributed by atoms with van der Waals surface area (Å²) < 4.78 is 0. The van der Waals surface area contributed by atoms with E-state index in [1.54, 1.807) is 18.3 Å². The van der Waals surface area contributed by atoms with Crippen molar-refractivity contribution in [2.75, 3.05) is 5.32 Å². The van der Waals surface area contributed by atoms with Gasteiger partial charge in [0.15, 0.2) is 0 Å². The summed E-state index contributed by atoms with van der Waals surface area (Å²) in [6, 6.07) is 22.6. The van der Waals surface area contributed by atoms with E-state index >= 15 is 0 Å². The normalized spacial score (nSPS) is 11.2. The zero-order chi connectivity index (χ0) is 24.5. The third kappa shape index (κ3) is 6.40. The predicted octanol–water partition coefficient (Wildman–Crippen LogP) is 6.27. The summed E-state index contributed by atoms with van der Waals surface area (Å²) in [6.07, 6.45) is 7.36. The molecule has 1 heterocycles. The molecule has 0 aliphatic carbocycles. The summed E-state index contributed by atoms with van der Waals surface area (Å²) in [4.78, 5) is 26.3. The van der Waals surface area contributed by atoms with Crippen molar-refractivity contribution in [3.63, 3.8) is 0 Å². The first-order valence-corrected chi connectivity index (χ1v) is 11.5. The molecule has 4 aromatic rings. The molecule has 1 aromatic heterocycles. The highest BCUT2D eigenvalue weighted by atomic mass is 35.5. The molecular formula is C28H24ClN5O. The van der Waals surface area contributed by atoms with Crippen molar-refractivity contribution in [3.05, 3.63) is 120 Å². The van der Waals surface area contributed by atoms with E-state index in [0.717, 1.165) is 16.5 Å². The smallest absolute Gasteiger partial charge is 0.253 e. The highest BCUT2D eigenvalue weighted by molar-refractivity contribution is 6.31. The van der Waals surface area contributed by atoms with Crippen molar-refractivity contribution in [1.29, 1.82) is 0 Å². The van der Waals surface area contributed by atoms with E-state index < -0.39 is 0 Å². The van der Waals surface area contributed by atoms with Gasteiger partial charge in [0.25, 0.3) is 5.91 Å². The second-order valence-electron chi connectivity index (χ2n) is 7.60. The Bertz CT molecular complexity index is 1400. The van der Waals surface area contributed by atoms with E-state index in [0.29, 0.717) is 40.9 Å². The van der Waals surface area contributed by atoms with Crippen LogP contribution in [-0.4, -0.2) is 22.1 Å². The number of aliphatic imine (C=N–C) groups is 1. The van der Waals surface area contributed by atoms with Gasteiger partial charge in [-0.25, -0.2) is 9.97 Å². The molecule has 0 bridgehead atoms. The summed E-state index contributed by atoms with van der Waals surface area (Å²) >= 11 is 6.27. The standard InChI is InChI=1S/C28H24ClN5O/c1-2-30-17-9-8-14-26-32-25-16-15-21(29)18-23(25)27(34-26)33-24-13-7-6-12-22(24)28(35)31-19-20-10-4-3-5-11-20/h2-13,15-18H,1,14,19H2,(H,31,35)(H,32,33,34)/b9-8-,30-17?. The van der Waals surface area contributed by atoms with Crippen molar-refractivity contribution < 1.29 is 4.79 Å². The molecule has 0 spiro atoms. The number of halogens is 1. The lowest BCUT2D eigenvalue weighted by molar-refractivity contribution is 0.0951. The minimum atomic E-state index is -0.182. The van der Waals surface area contributed by atoms with Gasteiger partial charge in [0.05, 0.1) is 16.8 Å². The van der Waals surface area contributed by atoms with Crippen LogP contribution >= 0.6 is 11.6 Å². The molecule has 0 atom stereocenters. The second kappa shape index (κ2) is 11.7. The molecule has 7 heteroatoms. The van der Waals surface area contributed by atoms with Gasteiger partial charge in [-0.2, -0.15) is 0 Å². The van der Waals surface area contributed by atoms with Gasteiger partial charge in [-0.05, 0) is 42.0 Å². The molecule has 0 saturated heterocycles. The van der Waals surface area contributed by atoms with Crippen LogP contribution in [0.1, 0.15) is 21.7 Å². The first kappa shape index (κ1) is 23.9. The SMILES string of the molecule is C=CN=C/C=C\Cc1nc(Nc2ccccc2C(=O)NCc2ccccc2)c2cc(Cl)ccc2n1. The van der Waals surface area contributed by atoms with Crippen LogP contribution in [0.5, 0.6) is 0 Å². The number of benzene rings is 3. The average Bonchev–Trinajstić information content (AvgIpc) is 2.88. The molecule has 3 aromatic carbocycles. The molecular weight excluding hydrogens is 458 g/mol. The molecule has 2 N–H and O–H groups in total. The van der Waals surface area contributed by atoms with E-state index in [1.807, 2.05) is 72.8 Å². The maximum absolute atomic E-state index is 13.0. The molecule has 0 fully saturated rings. The van der Waals surface area contributed by atoms with Crippen molar-refractivity contribution in [3.8, 4) is 0 Å². The molecule has 0 unspecified atom stereocenters. The number of fused-ring (bicyclic) bond motifs is 1. The van der Waals surface area contributed by atoms with Crippen molar-refractivity contribution in [1.82, 2.24) is 15.3 Å². The van der Waals surface area contributed by atoms with Crippen LogP contribution in [0.2, 0.25) is 5.02 Å². The largest absolute Gasteiger partial charge is 0.348 e. The number of amides is 1. The number of rotatable bonds is 9. The fourth-order valence-corrected chi connectivity index (χ4v) is 3.64. The minimum absolute atomic E-state index is 0.182. The van der Waals surface area contributed by atoms with Gasteiger partial charge in [-0.1, -0.05) is 66.7 Å². The Kier molecular flexibility index (Phi) is 7.99. The number of nitrogens with zero attached hydrogens (tertiary/aromatic N) is 3. The summed E-state index contributed by atoms with van der Waals surface area (Å²) in [6.45, 7) is 3.99. The maximum atomic E-state index is 13.0. The molecule has 4 rings (SSSR count). The van der Waals surface area contributed by atoms with E-state index in [2.05, 4.69) is 27.2 Å². The lowest BCUT2D eigenvalue weighted by Gasteiger charge is -2.14. The summed E-state index contributed by atoms with van der Waals surface area (Å²) in [5.41, 5.74) is 2.93. The number of carbonyl (C=O) groups is 1. The highest BCUT2D eigenvalue weighted by Gasteiger charge is 2.14. The van der Waals surface area contributed by atoms with Gasteiger partial charge in [0, 0.05) is 35.8 Å². The van der Waals surface area contributed by atoms with Crippen LogP contribution in [-0.2, 0) is 13.0 Å². The molecule has 0 aliphatic heterocycles. The topological polar surface area (TPSA) is 79.3 Å². The number of carbonyl (C=O) groups excluding carboxylic acids is 1. The summed E-state index contributed by atoms with van der Waals surface area (Å²) in [5, 5.41) is 7.66. The Morgan fingerprint density at radius 1 is 1.03 bits per heavy atom.